The van der Waals surface area contributed by atoms with Crippen molar-refractivity contribution in [3.63, 3.8) is 0 Å². The standard InChI is InChI=1S/C16H25NO2/c1-3-4-5-6-10-13-15(16(18)19-2)17-14-11-8-7-9-12-14/h7-9,11-12,15,17H,3-6,10,13H2,1-2H3. The van der Waals surface area contributed by atoms with Crippen molar-refractivity contribution in [1.29, 1.82) is 0 Å². The van der Waals surface area contributed by atoms with Crippen molar-refractivity contribution in [1.82, 2.24) is 0 Å². The van der Waals surface area contributed by atoms with Gasteiger partial charge in [0.05, 0.1) is 7.11 Å². The maximum atomic E-state index is 11.8. The molecule has 0 bridgehead atoms. The lowest BCUT2D eigenvalue weighted by Crippen LogP contribution is -2.30. The minimum Gasteiger partial charge on any atom is -0.467 e. The zero-order chi connectivity index (χ0) is 13.9. The van der Waals surface area contributed by atoms with Crippen molar-refractivity contribution in [2.75, 3.05) is 12.4 Å². The van der Waals surface area contributed by atoms with Crippen molar-refractivity contribution in [2.45, 2.75) is 51.5 Å². The fourth-order valence-electron chi connectivity index (χ4n) is 2.08. The van der Waals surface area contributed by atoms with Gasteiger partial charge in [0, 0.05) is 5.69 Å². The Morgan fingerprint density at radius 1 is 1.16 bits per heavy atom. The van der Waals surface area contributed by atoms with Crippen molar-refractivity contribution in [3.8, 4) is 0 Å². The monoisotopic (exact) mass is 263 g/mol. The maximum absolute atomic E-state index is 11.8. The number of para-hydroxylation sites is 1. The lowest BCUT2D eigenvalue weighted by atomic mass is 10.1. The van der Waals surface area contributed by atoms with Crippen LogP contribution >= 0.6 is 0 Å². The van der Waals surface area contributed by atoms with Gasteiger partial charge in [0.1, 0.15) is 6.04 Å². The predicted molar refractivity (Wildman–Crippen MR) is 79.2 cm³/mol. The summed E-state index contributed by atoms with van der Waals surface area (Å²) in [5, 5.41) is 3.25. The first-order valence-electron chi connectivity index (χ1n) is 7.17. The van der Waals surface area contributed by atoms with Crippen molar-refractivity contribution in [2.24, 2.45) is 0 Å². The van der Waals surface area contributed by atoms with Crippen LogP contribution in [0, 0.1) is 0 Å². The lowest BCUT2D eigenvalue weighted by molar-refractivity contribution is -0.141. The van der Waals surface area contributed by atoms with Crippen LogP contribution in [-0.2, 0) is 9.53 Å². The third-order valence-corrected chi connectivity index (χ3v) is 3.20. The Hall–Kier alpha value is -1.51. The number of ether oxygens (including phenoxy) is 1. The molecule has 0 spiro atoms. The van der Waals surface area contributed by atoms with Crippen LogP contribution in [-0.4, -0.2) is 19.1 Å². The number of rotatable bonds is 9. The molecule has 0 fully saturated rings. The molecule has 0 saturated carbocycles. The second kappa shape index (κ2) is 9.42. The number of esters is 1. The highest BCUT2D eigenvalue weighted by atomic mass is 16.5. The molecule has 3 heteroatoms. The number of hydrogen-bond acceptors (Lipinski definition) is 3. The molecule has 3 nitrogen and oxygen atoms in total. The fourth-order valence-corrected chi connectivity index (χ4v) is 2.08. The molecule has 1 rings (SSSR count). The fraction of sp³-hybridized carbons (Fsp3) is 0.562. The number of anilines is 1. The third-order valence-electron chi connectivity index (χ3n) is 3.20. The summed E-state index contributed by atoms with van der Waals surface area (Å²) < 4.78 is 4.86. The van der Waals surface area contributed by atoms with Crippen LogP contribution in [0.3, 0.4) is 0 Å². The lowest BCUT2D eigenvalue weighted by Gasteiger charge is -2.17. The van der Waals surface area contributed by atoms with Crippen molar-refractivity contribution < 1.29 is 9.53 Å². The SMILES string of the molecule is CCCCCCCC(Nc1ccccc1)C(=O)OC. The van der Waals surface area contributed by atoms with Gasteiger partial charge < -0.3 is 10.1 Å². The van der Waals surface area contributed by atoms with Crippen molar-refractivity contribution >= 4 is 11.7 Å². The van der Waals surface area contributed by atoms with Gasteiger partial charge in [0.15, 0.2) is 0 Å². The molecule has 0 saturated heterocycles. The molecule has 1 aromatic carbocycles. The Morgan fingerprint density at radius 3 is 2.47 bits per heavy atom. The third kappa shape index (κ3) is 6.27. The van der Waals surface area contributed by atoms with E-state index in [0.29, 0.717) is 0 Å². The summed E-state index contributed by atoms with van der Waals surface area (Å²) in [7, 11) is 1.44. The summed E-state index contributed by atoms with van der Waals surface area (Å²) >= 11 is 0. The topological polar surface area (TPSA) is 38.3 Å². The number of unbranched alkanes of at least 4 members (excludes halogenated alkanes) is 4. The van der Waals surface area contributed by atoms with Gasteiger partial charge in [0.2, 0.25) is 0 Å². The molecule has 0 amide bonds. The van der Waals surface area contributed by atoms with Crippen LogP contribution in [0.4, 0.5) is 5.69 Å². The number of benzene rings is 1. The minimum absolute atomic E-state index is 0.181. The minimum atomic E-state index is -0.242. The first kappa shape index (κ1) is 15.5. The highest BCUT2D eigenvalue weighted by Gasteiger charge is 2.18. The summed E-state index contributed by atoms with van der Waals surface area (Å²) in [5.41, 5.74) is 0.964. The average Bonchev–Trinajstić information content (AvgIpc) is 2.46. The zero-order valence-electron chi connectivity index (χ0n) is 12.0. The van der Waals surface area contributed by atoms with Gasteiger partial charge in [-0.25, -0.2) is 4.79 Å². The average molecular weight is 263 g/mol. The maximum Gasteiger partial charge on any atom is 0.328 e. The number of nitrogens with one attached hydrogen (secondary N) is 1. The Morgan fingerprint density at radius 2 is 1.84 bits per heavy atom. The van der Waals surface area contributed by atoms with Crippen LogP contribution < -0.4 is 5.32 Å². The molecular weight excluding hydrogens is 238 g/mol. The number of carbonyl (C=O) groups excluding carboxylic acids is 1. The van der Waals surface area contributed by atoms with Gasteiger partial charge in [-0.15, -0.1) is 0 Å². The second-order valence-corrected chi connectivity index (χ2v) is 4.79. The molecule has 1 aromatic rings. The molecule has 0 aliphatic rings. The molecule has 0 aliphatic carbocycles. The van der Waals surface area contributed by atoms with Gasteiger partial charge in [0.25, 0.3) is 0 Å². The quantitative estimate of drug-likeness (QED) is 0.540. The smallest absolute Gasteiger partial charge is 0.328 e. The van der Waals surface area contributed by atoms with Crippen LogP contribution in [0.25, 0.3) is 0 Å². The number of hydrogen-bond donors (Lipinski definition) is 1. The molecule has 1 N–H and O–H groups in total. The predicted octanol–water partition coefficient (Wildman–Crippen LogP) is 4.00. The Labute approximate surface area is 116 Å². The van der Waals surface area contributed by atoms with Crippen LogP contribution in [0.5, 0.6) is 0 Å². The molecule has 1 atom stereocenters. The Balaban J connectivity index is 2.41. The molecule has 0 aliphatic heterocycles. The van der Waals surface area contributed by atoms with E-state index in [2.05, 4.69) is 12.2 Å². The second-order valence-electron chi connectivity index (χ2n) is 4.79. The van der Waals surface area contributed by atoms with E-state index in [4.69, 9.17) is 4.74 Å². The van der Waals surface area contributed by atoms with E-state index in [1.165, 1.54) is 32.8 Å². The molecule has 106 valence electrons. The van der Waals surface area contributed by atoms with Gasteiger partial charge in [-0.05, 0) is 18.6 Å². The summed E-state index contributed by atoms with van der Waals surface area (Å²) in [6.07, 6.45) is 6.82. The molecular formula is C16H25NO2. The van der Waals surface area contributed by atoms with E-state index in [-0.39, 0.29) is 12.0 Å². The van der Waals surface area contributed by atoms with Crippen LogP contribution in [0.2, 0.25) is 0 Å². The largest absolute Gasteiger partial charge is 0.467 e. The molecule has 0 radical (unpaired) electrons. The van der Waals surface area contributed by atoms with E-state index < -0.39 is 0 Å². The number of carbonyl (C=O) groups is 1. The van der Waals surface area contributed by atoms with E-state index in [9.17, 15) is 4.79 Å². The van der Waals surface area contributed by atoms with Gasteiger partial charge in [-0.2, -0.15) is 0 Å². The molecule has 1 unspecified atom stereocenters. The molecule has 19 heavy (non-hydrogen) atoms. The Kier molecular flexibility index (Phi) is 7.71. The highest BCUT2D eigenvalue weighted by Crippen LogP contribution is 2.13. The molecule has 0 aromatic heterocycles. The summed E-state index contributed by atoms with van der Waals surface area (Å²) in [5.74, 6) is -0.181. The van der Waals surface area contributed by atoms with Gasteiger partial charge >= 0.3 is 5.97 Å². The Bertz CT molecular complexity index is 351. The summed E-state index contributed by atoms with van der Waals surface area (Å²) in [4.78, 5) is 11.8. The van der Waals surface area contributed by atoms with Gasteiger partial charge in [-0.3, -0.25) is 0 Å². The van der Waals surface area contributed by atoms with Crippen molar-refractivity contribution in [3.05, 3.63) is 30.3 Å². The van der Waals surface area contributed by atoms with E-state index in [0.717, 1.165) is 18.5 Å². The normalized spacial score (nSPS) is 11.9. The number of methoxy groups -OCH3 is 1. The highest BCUT2D eigenvalue weighted by molar-refractivity contribution is 5.79. The summed E-state index contributed by atoms with van der Waals surface area (Å²) in [6, 6.07) is 9.56. The molecule has 0 heterocycles. The van der Waals surface area contributed by atoms with Gasteiger partial charge in [-0.1, -0.05) is 57.2 Å². The van der Waals surface area contributed by atoms with E-state index in [1.807, 2.05) is 30.3 Å². The first-order valence-corrected chi connectivity index (χ1v) is 7.17. The first-order chi connectivity index (χ1) is 9.27. The van der Waals surface area contributed by atoms with E-state index >= 15 is 0 Å². The summed E-state index contributed by atoms with van der Waals surface area (Å²) in [6.45, 7) is 2.20. The van der Waals surface area contributed by atoms with Crippen LogP contribution in [0.1, 0.15) is 45.4 Å². The zero-order valence-corrected chi connectivity index (χ0v) is 12.0. The van der Waals surface area contributed by atoms with E-state index in [1.54, 1.807) is 0 Å². The van der Waals surface area contributed by atoms with Crippen LogP contribution in [0.15, 0.2) is 30.3 Å².